The molecule has 0 atom stereocenters. The van der Waals surface area contributed by atoms with E-state index in [1.807, 2.05) is 0 Å². The summed E-state index contributed by atoms with van der Waals surface area (Å²) in [6, 6.07) is 3.45. The van der Waals surface area contributed by atoms with Gasteiger partial charge in [0.2, 0.25) is 5.91 Å². The van der Waals surface area contributed by atoms with Crippen LogP contribution in [0.1, 0.15) is 5.56 Å². The summed E-state index contributed by atoms with van der Waals surface area (Å²) in [5, 5.41) is 10.7. The van der Waals surface area contributed by atoms with Gasteiger partial charge >= 0.3 is 5.97 Å². The van der Waals surface area contributed by atoms with Crippen molar-refractivity contribution in [1.29, 1.82) is 0 Å². The van der Waals surface area contributed by atoms with Gasteiger partial charge in [-0.25, -0.2) is 0 Å². The van der Waals surface area contributed by atoms with E-state index in [0.717, 1.165) is 0 Å². The minimum absolute atomic E-state index is 0.418. The van der Waals surface area contributed by atoms with Crippen LogP contribution in [0, 0.1) is 0 Å². The van der Waals surface area contributed by atoms with E-state index in [9.17, 15) is 9.59 Å². The Bertz CT molecular complexity index is 542. The Morgan fingerprint density at radius 2 is 2.05 bits per heavy atom. The Morgan fingerprint density at radius 3 is 2.60 bits per heavy atom. The molecule has 20 heavy (non-hydrogen) atoms. The average molecular weight is 344 g/mol. The van der Waals surface area contributed by atoms with Crippen LogP contribution in [0.4, 0.5) is 0 Å². The van der Waals surface area contributed by atoms with Crippen LogP contribution < -0.4 is 14.8 Å². The molecule has 0 aliphatic rings. The SMILES string of the molecule is COc1cc(/C=C/C(=O)NCC(=O)O)cc(Br)c1OC. The molecule has 0 aliphatic carbocycles. The number of carbonyl (C=O) groups is 2. The topological polar surface area (TPSA) is 84.9 Å². The number of nitrogens with one attached hydrogen (secondary N) is 1. The van der Waals surface area contributed by atoms with E-state index in [1.54, 1.807) is 18.2 Å². The van der Waals surface area contributed by atoms with E-state index >= 15 is 0 Å². The number of halogens is 1. The first kappa shape index (κ1) is 16.0. The first-order valence-electron chi connectivity index (χ1n) is 5.57. The second-order valence-corrected chi connectivity index (χ2v) is 4.54. The lowest BCUT2D eigenvalue weighted by Gasteiger charge is -2.10. The van der Waals surface area contributed by atoms with Crippen molar-refractivity contribution < 1.29 is 24.2 Å². The van der Waals surface area contributed by atoms with Gasteiger partial charge in [0.25, 0.3) is 0 Å². The Morgan fingerprint density at radius 1 is 1.35 bits per heavy atom. The summed E-state index contributed by atoms with van der Waals surface area (Å²) in [6.45, 7) is -0.418. The second-order valence-electron chi connectivity index (χ2n) is 3.68. The lowest BCUT2D eigenvalue weighted by Crippen LogP contribution is -2.27. The summed E-state index contributed by atoms with van der Waals surface area (Å²) in [6.07, 6.45) is 2.79. The fraction of sp³-hybridized carbons (Fsp3) is 0.231. The summed E-state index contributed by atoms with van der Waals surface area (Å²) in [5.41, 5.74) is 0.708. The first-order chi connectivity index (χ1) is 9.47. The maximum Gasteiger partial charge on any atom is 0.322 e. The smallest absolute Gasteiger partial charge is 0.322 e. The molecule has 0 fully saturated rings. The van der Waals surface area contributed by atoms with Gasteiger partial charge in [0.1, 0.15) is 6.54 Å². The van der Waals surface area contributed by atoms with Crippen molar-refractivity contribution in [2.75, 3.05) is 20.8 Å². The summed E-state index contributed by atoms with van der Waals surface area (Å²) < 4.78 is 11.0. The third-order valence-electron chi connectivity index (χ3n) is 2.30. The molecule has 1 aromatic rings. The highest BCUT2D eigenvalue weighted by molar-refractivity contribution is 9.10. The van der Waals surface area contributed by atoms with Gasteiger partial charge in [0, 0.05) is 6.08 Å². The van der Waals surface area contributed by atoms with Gasteiger partial charge in [-0.15, -0.1) is 0 Å². The molecule has 0 saturated carbocycles. The maximum atomic E-state index is 11.4. The van der Waals surface area contributed by atoms with Crippen LogP contribution in [-0.2, 0) is 9.59 Å². The highest BCUT2D eigenvalue weighted by atomic mass is 79.9. The summed E-state index contributed by atoms with van der Waals surface area (Å²) in [4.78, 5) is 21.7. The Balaban J connectivity index is 2.85. The van der Waals surface area contributed by atoms with Crippen molar-refractivity contribution in [1.82, 2.24) is 5.32 Å². The molecule has 1 amide bonds. The predicted molar refractivity (Wildman–Crippen MR) is 76.9 cm³/mol. The predicted octanol–water partition coefficient (Wildman–Crippen LogP) is 1.68. The molecule has 0 aromatic heterocycles. The second kappa shape index (κ2) is 7.54. The van der Waals surface area contributed by atoms with Gasteiger partial charge in [0.05, 0.1) is 18.7 Å². The molecule has 0 bridgehead atoms. The van der Waals surface area contributed by atoms with E-state index in [-0.39, 0.29) is 0 Å². The van der Waals surface area contributed by atoms with E-state index in [2.05, 4.69) is 21.2 Å². The molecular formula is C13H14BrNO5. The van der Waals surface area contributed by atoms with Crippen molar-refractivity contribution in [3.05, 3.63) is 28.2 Å². The number of carboxylic acid groups (broad SMARTS) is 1. The molecule has 1 rings (SSSR count). The molecule has 0 spiro atoms. The quantitative estimate of drug-likeness (QED) is 0.767. The van der Waals surface area contributed by atoms with Crippen LogP contribution in [0.25, 0.3) is 6.08 Å². The number of hydrogen-bond acceptors (Lipinski definition) is 4. The zero-order valence-corrected chi connectivity index (χ0v) is 12.6. The van der Waals surface area contributed by atoms with Crippen LogP contribution in [-0.4, -0.2) is 37.7 Å². The molecule has 0 unspecified atom stereocenters. The zero-order chi connectivity index (χ0) is 15.1. The number of hydrogen-bond donors (Lipinski definition) is 2. The van der Waals surface area contributed by atoms with Gasteiger partial charge in [-0.05, 0) is 39.7 Å². The molecule has 0 radical (unpaired) electrons. The molecule has 2 N–H and O–H groups in total. The number of amides is 1. The number of carbonyl (C=O) groups excluding carboxylic acids is 1. The number of carboxylic acids is 1. The Hall–Kier alpha value is -2.02. The number of rotatable bonds is 6. The Labute approximate surface area is 124 Å². The van der Waals surface area contributed by atoms with Crippen molar-refractivity contribution >= 4 is 33.9 Å². The van der Waals surface area contributed by atoms with Crippen LogP contribution in [0.2, 0.25) is 0 Å². The van der Waals surface area contributed by atoms with Crippen LogP contribution in [0.15, 0.2) is 22.7 Å². The first-order valence-corrected chi connectivity index (χ1v) is 6.36. The van der Waals surface area contributed by atoms with Crippen molar-refractivity contribution in [3.63, 3.8) is 0 Å². The van der Waals surface area contributed by atoms with Crippen molar-refractivity contribution in [2.24, 2.45) is 0 Å². The molecule has 1 aromatic carbocycles. The van der Waals surface area contributed by atoms with E-state index < -0.39 is 18.4 Å². The molecule has 0 heterocycles. The van der Waals surface area contributed by atoms with Crippen LogP contribution in [0.3, 0.4) is 0 Å². The normalized spacial score (nSPS) is 10.3. The molecule has 0 aliphatic heterocycles. The molecular weight excluding hydrogens is 330 g/mol. The molecule has 6 nitrogen and oxygen atoms in total. The number of aliphatic carboxylic acids is 1. The summed E-state index contributed by atoms with van der Waals surface area (Å²) in [7, 11) is 3.04. The highest BCUT2D eigenvalue weighted by Crippen LogP contribution is 2.36. The van der Waals surface area contributed by atoms with Gasteiger partial charge in [0.15, 0.2) is 11.5 Å². The Kier molecular flexibility index (Phi) is 6.05. The lowest BCUT2D eigenvalue weighted by molar-refractivity contribution is -0.137. The van der Waals surface area contributed by atoms with Gasteiger partial charge in [-0.1, -0.05) is 0 Å². The van der Waals surface area contributed by atoms with Crippen molar-refractivity contribution in [2.45, 2.75) is 0 Å². The summed E-state index contributed by atoms with van der Waals surface area (Å²) >= 11 is 3.34. The minimum Gasteiger partial charge on any atom is -0.493 e. The number of benzene rings is 1. The zero-order valence-electron chi connectivity index (χ0n) is 11.0. The van der Waals surface area contributed by atoms with Crippen LogP contribution >= 0.6 is 15.9 Å². The van der Waals surface area contributed by atoms with Crippen LogP contribution in [0.5, 0.6) is 11.5 Å². The number of methoxy groups -OCH3 is 2. The van der Waals surface area contributed by atoms with Crippen molar-refractivity contribution in [3.8, 4) is 11.5 Å². The third kappa shape index (κ3) is 4.58. The molecule has 0 saturated heterocycles. The van der Waals surface area contributed by atoms with E-state index in [0.29, 0.717) is 21.5 Å². The monoisotopic (exact) mass is 343 g/mol. The summed E-state index contributed by atoms with van der Waals surface area (Å²) in [5.74, 6) is -0.508. The van der Waals surface area contributed by atoms with E-state index in [1.165, 1.54) is 20.3 Å². The fourth-order valence-corrected chi connectivity index (χ4v) is 2.05. The van der Waals surface area contributed by atoms with E-state index in [4.69, 9.17) is 14.6 Å². The van der Waals surface area contributed by atoms with Gasteiger partial charge in [-0.3, -0.25) is 9.59 Å². The molecule has 108 valence electrons. The van der Waals surface area contributed by atoms with Gasteiger partial charge in [-0.2, -0.15) is 0 Å². The average Bonchev–Trinajstić information content (AvgIpc) is 2.42. The third-order valence-corrected chi connectivity index (χ3v) is 2.89. The minimum atomic E-state index is -1.10. The maximum absolute atomic E-state index is 11.4. The highest BCUT2D eigenvalue weighted by Gasteiger charge is 2.09. The molecule has 7 heteroatoms. The lowest BCUT2D eigenvalue weighted by atomic mass is 10.2. The standard InChI is InChI=1S/C13H14BrNO5/c1-19-10-6-8(5-9(14)13(10)20-2)3-4-11(16)15-7-12(17)18/h3-6H,7H2,1-2H3,(H,15,16)(H,17,18)/b4-3+. The largest absolute Gasteiger partial charge is 0.493 e. The fourth-order valence-electron chi connectivity index (χ4n) is 1.43. The van der Waals surface area contributed by atoms with Gasteiger partial charge < -0.3 is 19.9 Å². The number of ether oxygens (including phenoxy) is 2.